The van der Waals surface area contributed by atoms with Crippen molar-refractivity contribution in [2.24, 2.45) is 5.92 Å². The third-order valence-electron chi connectivity index (χ3n) is 6.44. The standard InChI is InChI=1S/C27H35N3O2/c1-21-8-10-22(11-9-21)20-30(27(32)24-12-13-24)25-7-5-6-23(18-25)19-26(31)28-14-17-29-15-3-2-4-16-29/h5-11,18,24H,2-4,12-17,19-20H2,1H3,(H,28,31). The first-order chi connectivity index (χ1) is 15.6. The third-order valence-corrected chi connectivity index (χ3v) is 6.44. The molecule has 0 unspecified atom stereocenters. The van der Waals surface area contributed by atoms with E-state index in [4.69, 9.17) is 0 Å². The number of hydrogen-bond acceptors (Lipinski definition) is 3. The Morgan fingerprint density at radius 1 is 1.00 bits per heavy atom. The van der Waals surface area contributed by atoms with Gasteiger partial charge in [-0.25, -0.2) is 0 Å². The second-order valence-electron chi connectivity index (χ2n) is 9.28. The van der Waals surface area contributed by atoms with Crippen LogP contribution in [0.5, 0.6) is 0 Å². The number of aryl methyl sites for hydroxylation is 1. The molecule has 0 radical (unpaired) electrons. The zero-order valence-corrected chi connectivity index (χ0v) is 19.2. The zero-order chi connectivity index (χ0) is 22.3. The van der Waals surface area contributed by atoms with E-state index in [2.05, 4.69) is 41.4 Å². The summed E-state index contributed by atoms with van der Waals surface area (Å²) in [6.07, 6.45) is 6.14. The summed E-state index contributed by atoms with van der Waals surface area (Å²) in [5.41, 5.74) is 4.14. The topological polar surface area (TPSA) is 52.7 Å². The monoisotopic (exact) mass is 433 g/mol. The minimum Gasteiger partial charge on any atom is -0.355 e. The van der Waals surface area contributed by atoms with Crippen molar-refractivity contribution in [3.63, 3.8) is 0 Å². The number of anilines is 1. The molecule has 2 fully saturated rings. The highest BCUT2D eigenvalue weighted by molar-refractivity contribution is 5.96. The lowest BCUT2D eigenvalue weighted by atomic mass is 10.1. The first-order valence-electron chi connectivity index (χ1n) is 12.0. The number of hydrogen-bond donors (Lipinski definition) is 1. The summed E-state index contributed by atoms with van der Waals surface area (Å²) in [5.74, 6) is 0.369. The highest BCUT2D eigenvalue weighted by atomic mass is 16.2. The Bertz CT molecular complexity index is 915. The SMILES string of the molecule is Cc1ccc(CN(C(=O)C2CC2)c2cccc(CC(=O)NCCN3CCCCC3)c2)cc1. The van der Waals surface area contributed by atoms with Crippen molar-refractivity contribution >= 4 is 17.5 Å². The summed E-state index contributed by atoms with van der Waals surface area (Å²) >= 11 is 0. The van der Waals surface area contributed by atoms with Crippen LogP contribution in [-0.2, 0) is 22.6 Å². The van der Waals surface area contributed by atoms with Crippen molar-refractivity contribution in [2.45, 2.75) is 52.0 Å². The zero-order valence-electron chi connectivity index (χ0n) is 19.2. The Labute approximate surface area is 191 Å². The van der Waals surface area contributed by atoms with Crippen molar-refractivity contribution in [3.05, 3.63) is 65.2 Å². The number of piperidine rings is 1. The molecular weight excluding hydrogens is 398 g/mol. The molecule has 2 aromatic carbocycles. The number of amides is 2. The molecule has 1 heterocycles. The molecule has 32 heavy (non-hydrogen) atoms. The van der Waals surface area contributed by atoms with Gasteiger partial charge in [0.05, 0.1) is 13.0 Å². The highest BCUT2D eigenvalue weighted by Crippen LogP contribution is 2.33. The van der Waals surface area contributed by atoms with Crippen molar-refractivity contribution in [1.82, 2.24) is 10.2 Å². The smallest absolute Gasteiger partial charge is 0.230 e. The van der Waals surface area contributed by atoms with Crippen LogP contribution in [0.3, 0.4) is 0 Å². The number of carbonyl (C=O) groups excluding carboxylic acids is 2. The van der Waals surface area contributed by atoms with Gasteiger partial charge >= 0.3 is 0 Å². The van der Waals surface area contributed by atoms with Crippen LogP contribution in [0.1, 0.15) is 48.8 Å². The molecule has 4 rings (SSSR count). The summed E-state index contributed by atoms with van der Waals surface area (Å²) in [4.78, 5) is 29.9. The molecule has 0 spiro atoms. The molecule has 2 aliphatic rings. The van der Waals surface area contributed by atoms with Crippen LogP contribution in [0.2, 0.25) is 0 Å². The van der Waals surface area contributed by atoms with Gasteiger partial charge in [-0.05, 0) is 69.0 Å². The summed E-state index contributed by atoms with van der Waals surface area (Å²) in [6.45, 7) is 6.52. The predicted octanol–water partition coefficient (Wildman–Crippen LogP) is 4.08. The molecule has 1 aliphatic carbocycles. The molecule has 1 aliphatic heterocycles. The van der Waals surface area contributed by atoms with E-state index in [9.17, 15) is 9.59 Å². The molecule has 2 aromatic rings. The lowest BCUT2D eigenvalue weighted by Gasteiger charge is -2.26. The molecule has 170 valence electrons. The average Bonchev–Trinajstić information content (AvgIpc) is 3.65. The van der Waals surface area contributed by atoms with Gasteiger partial charge in [0.2, 0.25) is 11.8 Å². The normalized spacial score (nSPS) is 16.5. The fourth-order valence-corrected chi connectivity index (χ4v) is 4.34. The van der Waals surface area contributed by atoms with Crippen LogP contribution in [0, 0.1) is 12.8 Å². The van der Waals surface area contributed by atoms with Crippen LogP contribution in [0.15, 0.2) is 48.5 Å². The Kier molecular flexibility index (Phi) is 7.59. The van der Waals surface area contributed by atoms with Gasteiger partial charge in [0.25, 0.3) is 0 Å². The number of nitrogens with zero attached hydrogens (tertiary/aromatic N) is 2. The molecule has 0 bridgehead atoms. The van der Waals surface area contributed by atoms with E-state index >= 15 is 0 Å². The number of nitrogens with one attached hydrogen (secondary N) is 1. The van der Waals surface area contributed by atoms with Gasteiger partial charge < -0.3 is 15.1 Å². The Balaban J connectivity index is 1.37. The minimum atomic E-state index is 0.0396. The Morgan fingerprint density at radius 2 is 1.75 bits per heavy atom. The lowest BCUT2D eigenvalue weighted by Crippen LogP contribution is -2.38. The van der Waals surface area contributed by atoms with E-state index in [0.717, 1.165) is 49.3 Å². The number of rotatable bonds is 9. The fourth-order valence-electron chi connectivity index (χ4n) is 4.34. The number of likely N-dealkylation sites (tertiary alicyclic amines) is 1. The second kappa shape index (κ2) is 10.8. The van der Waals surface area contributed by atoms with E-state index in [1.807, 2.05) is 29.2 Å². The van der Waals surface area contributed by atoms with E-state index in [-0.39, 0.29) is 17.7 Å². The Morgan fingerprint density at radius 3 is 2.47 bits per heavy atom. The molecule has 1 saturated heterocycles. The summed E-state index contributed by atoms with van der Waals surface area (Å²) < 4.78 is 0. The highest BCUT2D eigenvalue weighted by Gasteiger charge is 2.34. The third kappa shape index (κ3) is 6.42. The van der Waals surface area contributed by atoms with Crippen LogP contribution in [-0.4, -0.2) is 42.9 Å². The van der Waals surface area contributed by atoms with Gasteiger partial charge in [-0.1, -0.05) is 48.4 Å². The summed E-state index contributed by atoms with van der Waals surface area (Å²) in [7, 11) is 0. The van der Waals surface area contributed by atoms with Crippen molar-refractivity contribution in [3.8, 4) is 0 Å². The van der Waals surface area contributed by atoms with Gasteiger partial charge in [-0.15, -0.1) is 0 Å². The predicted molar refractivity (Wildman–Crippen MR) is 129 cm³/mol. The van der Waals surface area contributed by atoms with Crippen LogP contribution >= 0.6 is 0 Å². The van der Waals surface area contributed by atoms with Crippen molar-refractivity contribution < 1.29 is 9.59 Å². The molecule has 5 heteroatoms. The quantitative estimate of drug-likeness (QED) is 0.648. The summed E-state index contributed by atoms with van der Waals surface area (Å²) in [6, 6.07) is 16.2. The van der Waals surface area contributed by atoms with Crippen LogP contribution < -0.4 is 10.2 Å². The molecule has 1 N–H and O–H groups in total. The maximum Gasteiger partial charge on any atom is 0.230 e. The number of benzene rings is 2. The summed E-state index contributed by atoms with van der Waals surface area (Å²) in [5, 5.41) is 3.06. The Hall–Kier alpha value is -2.66. The molecule has 2 amide bonds. The molecule has 0 aromatic heterocycles. The van der Waals surface area contributed by atoms with E-state index in [0.29, 0.717) is 19.5 Å². The molecular formula is C27H35N3O2. The molecule has 1 saturated carbocycles. The maximum absolute atomic E-state index is 13.0. The first-order valence-corrected chi connectivity index (χ1v) is 12.0. The average molecular weight is 434 g/mol. The van der Waals surface area contributed by atoms with Crippen molar-refractivity contribution in [2.75, 3.05) is 31.1 Å². The molecule has 5 nitrogen and oxygen atoms in total. The maximum atomic E-state index is 13.0. The largest absolute Gasteiger partial charge is 0.355 e. The van der Waals surface area contributed by atoms with E-state index in [1.54, 1.807) is 0 Å². The van der Waals surface area contributed by atoms with Crippen molar-refractivity contribution in [1.29, 1.82) is 0 Å². The number of carbonyl (C=O) groups is 2. The van der Waals surface area contributed by atoms with Gasteiger partial charge in [0, 0.05) is 24.7 Å². The fraction of sp³-hybridized carbons (Fsp3) is 0.481. The van der Waals surface area contributed by atoms with Gasteiger partial charge in [0.15, 0.2) is 0 Å². The van der Waals surface area contributed by atoms with E-state index < -0.39 is 0 Å². The second-order valence-corrected chi connectivity index (χ2v) is 9.28. The molecule has 0 atom stereocenters. The lowest BCUT2D eigenvalue weighted by molar-refractivity contribution is -0.121. The van der Waals surface area contributed by atoms with Gasteiger partial charge in [-0.3, -0.25) is 9.59 Å². The van der Waals surface area contributed by atoms with Gasteiger partial charge in [0.1, 0.15) is 0 Å². The first kappa shape index (κ1) is 22.5. The van der Waals surface area contributed by atoms with E-state index in [1.165, 1.54) is 24.8 Å². The van der Waals surface area contributed by atoms with Gasteiger partial charge in [-0.2, -0.15) is 0 Å². The minimum absolute atomic E-state index is 0.0396. The van der Waals surface area contributed by atoms with Crippen LogP contribution in [0.25, 0.3) is 0 Å². The van der Waals surface area contributed by atoms with Crippen LogP contribution in [0.4, 0.5) is 5.69 Å².